The van der Waals surface area contributed by atoms with Gasteiger partial charge in [-0.25, -0.2) is 13.6 Å². The second kappa shape index (κ2) is 10.8. The van der Waals surface area contributed by atoms with E-state index in [9.17, 15) is 18.8 Å². The number of anilines is 1. The number of carbonyl (C=O) groups is 1. The number of aromatic amines is 1. The monoisotopic (exact) mass is 695 g/mol. The van der Waals surface area contributed by atoms with Crippen LogP contribution < -0.4 is 15.5 Å². The molecule has 0 saturated carbocycles. The second-order valence-electron chi connectivity index (χ2n) is 12.1. The number of thioether (sulfide) groups is 2. The fourth-order valence-corrected chi connectivity index (χ4v) is 10.5. The minimum absolute atomic E-state index is 0.0137. The number of alkyl halides is 3. The van der Waals surface area contributed by atoms with E-state index in [0.29, 0.717) is 34.7 Å². The molecule has 2 aromatic heterocycles. The number of nitrogens with zero attached hydrogens (tertiary/aromatic N) is 4. The zero-order valence-electron chi connectivity index (χ0n) is 24.5. The number of carbonyl (C=O) groups excluding carboxylic acids is 1. The molecule has 1 amide bonds. The molecule has 0 aliphatic carbocycles. The molecule has 242 valence electrons. The second-order valence-corrected chi connectivity index (χ2v) is 15.0. The van der Waals surface area contributed by atoms with E-state index in [2.05, 4.69) is 16.5 Å². The van der Waals surface area contributed by atoms with Crippen molar-refractivity contribution >= 4 is 67.7 Å². The van der Waals surface area contributed by atoms with E-state index in [-0.39, 0.29) is 69.5 Å². The number of thiazole rings is 1. The minimum Gasteiger partial charge on any atom is -0.352 e. The highest BCUT2D eigenvalue weighted by molar-refractivity contribution is 8.01. The Hall–Kier alpha value is -3.37. The fraction of sp³-hybridized carbons (Fsp3) is 0.400. The number of hydrogen-bond donors (Lipinski definition) is 1. The molecule has 3 aliphatic heterocycles. The predicted molar refractivity (Wildman–Crippen MR) is 171 cm³/mol. The number of rotatable bonds is 3. The average molecular weight is 696 g/mol. The average Bonchev–Trinajstić information content (AvgIpc) is 3.24. The standard InChI is InChI=1S/C30H26F5N5O3S3/c1-4-19(41)40-13(2)7-38(8-14(40)3)26-15-5-16(30(33,34)35)20(21-17(31)6-18(32)24-22(21)36-28(43)46-24)25-23(15)39(27(42)37-26)9-29(12-45-25)10-44-11-29/h4-6,13-14H,1,7-12H2,2-3H3,(H,36,43)/t13-,14+. The van der Waals surface area contributed by atoms with Crippen molar-refractivity contribution in [3.05, 3.63) is 62.1 Å². The van der Waals surface area contributed by atoms with Crippen molar-refractivity contribution in [2.45, 2.75) is 43.5 Å². The number of hydrogen-bond acceptors (Lipinski definition) is 8. The molecule has 46 heavy (non-hydrogen) atoms. The highest BCUT2D eigenvalue weighted by Crippen LogP contribution is 2.54. The lowest BCUT2D eigenvalue weighted by Crippen LogP contribution is -2.58. The molecule has 1 N–H and O–H groups in total. The van der Waals surface area contributed by atoms with Gasteiger partial charge < -0.3 is 14.8 Å². The van der Waals surface area contributed by atoms with Crippen LogP contribution in [0.1, 0.15) is 19.4 Å². The number of benzene rings is 2. The highest BCUT2D eigenvalue weighted by atomic mass is 32.2. The van der Waals surface area contributed by atoms with Crippen LogP contribution in [0.2, 0.25) is 0 Å². The maximum atomic E-state index is 15.8. The van der Waals surface area contributed by atoms with Gasteiger partial charge >= 0.3 is 16.7 Å². The van der Waals surface area contributed by atoms with Gasteiger partial charge in [-0.1, -0.05) is 17.9 Å². The summed E-state index contributed by atoms with van der Waals surface area (Å²) >= 11 is 3.20. The first-order chi connectivity index (χ1) is 21.7. The largest absolute Gasteiger partial charge is 0.417 e. The molecular formula is C30H26F5N5O3S3. The fourth-order valence-electron chi connectivity index (χ4n) is 6.89. The van der Waals surface area contributed by atoms with Crippen LogP contribution in [0.5, 0.6) is 0 Å². The molecule has 2 atom stereocenters. The van der Waals surface area contributed by atoms with Crippen molar-refractivity contribution in [2.24, 2.45) is 5.41 Å². The van der Waals surface area contributed by atoms with Crippen LogP contribution in [0, 0.1) is 17.0 Å². The van der Waals surface area contributed by atoms with E-state index in [1.807, 2.05) is 0 Å². The van der Waals surface area contributed by atoms with Crippen LogP contribution >= 0.6 is 34.9 Å². The van der Waals surface area contributed by atoms with Crippen molar-refractivity contribution in [3.63, 3.8) is 0 Å². The number of piperazine rings is 1. The summed E-state index contributed by atoms with van der Waals surface area (Å²) in [5.74, 6) is -0.899. The van der Waals surface area contributed by atoms with E-state index in [0.717, 1.165) is 17.8 Å². The third-order valence-corrected chi connectivity index (χ3v) is 12.8. The van der Waals surface area contributed by atoms with Gasteiger partial charge in [0, 0.05) is 81.9 Å². The van der Waals surface area contributed by atoms with Crippen LogP contribution in [0.25, 0.3) is 32.2 Å². The molecule has 2 aromatic carbocycles. The van der Waals surface area contributed by atoms with Gasteiger partial charge in [0.1, 0.15) is 17.5 Å². The third kappa shape index (κ3) is 4.77. The van der Waals surface area contributed by atoms with Gasteiger partial charge in [-0.3, -0.25) is 14.2 Å². The van der Waals surface area contributed by atoms with Crippen molar-refractivity contribution in [1.29, 1.82) is 0 Å². The molecule has 0 radical (unpaired) electrons. The molecule has 2 fully saturated rings. The maximum absolute atomic E-state index is 15.8. The molecule has 4 aromatic rings. The van der Waals surface area contributed by atoms with Crippen molar-refractivity contribution in [1.82, 2.24) is 19.4 Å². The molecule has 7 rings (SSSR count). The van der Waals surface area contributed by atoms with E-state index in [1.54, 1.807) is 35.4 Å². The molecule has 16 heteroatoms. The molecule has 1 spiro atoms. The number of halogens is 5. The van der Waals surface area contributed by atoms with Crippen molar-refractivity contribution < 1.29 is 26.7 Å². The van der Waals surface area contributed by atoms with Gasteiger partial charge in [-0.05, 0) is 26.0 Å². The van der Waals surface area contributed by atoms with Gasteiger partial charge in [0.25, 0.3) is 0 Å². The van der Waals surface area contributed by atoms with Crippen LogP contribution in [0.15, 0.2) is 39.3 Å². The van der Waals surface area contributed by atoms with Crippen molar-refractivity contribution in [3.8, 4) is 11.1 Å². The molecule has 3 aliphatic rings. The summed E-state index contributed by atoms with van der Waals surface area (Å²) in [5.41, 5.74) is -3.60. The lowest BCUT2D eigenvalue weighted by atomic mass is 9.93. The Kier molecular flexibility index (Phi) is 7.36. The Morgan fingerprint density at radius 2 is 1.78 bits per heavy atom. The van der Waals surface area contributed by atoms with Gasteiger partial charge in [-0.2, -0.15) is 29.9 Å². The first-order valence-electron chi connectivity index (χ1n) is 14.3. The molecule has 0 bridgehead atoms. The third-order valence-electron chi connectivity index (χ3n) is 8.84. The zero-order chi connectivity index (χ0) is 32.9. The number of amides is 1. The van der Waals surface area contributed by atoms with Crippen molar-refractivity contribution in [2.75, 3.05) is 35.2 Å². The summed E-state index contributed by atoms with van der Waals surface area (Å²) in [4.78, 5) is 48.0. The van der Waals surface area contributed by atoms with E-state index < -0.39 is 50.5 Å². The number of nitrogens with one attached hydrogen (secondary N) is 1. The Morgan fingerprint density at radius 1 is 1.09 bits per heavy atom. The lowest BCUT2D eigenvalue weighted by molar-refractivity contribution is -0.137. The Labute approximate surface area is 270 Å². The Bertz CT molecular complexity index is 2080. The topological polar surface area (TPSA) is 91.3 Å². The van der Waals surface area contributed by atoms with E-state index >= 15 is 17.6 Å². The number of fused-ring (bicyclic) bond motifs is 1. The summed E-state index contributed by atoms with van der Waals surface area (Å²) in [6, 6.07) is 0.608. The Morgan fingerprint density at radius 3 is 2.39 bits per heavy atom. The van der Waals surface area contributed by atoms with Crippen LogP contribution in [-0.2, 0) is 17.5 Å². The summed E-state index contributed by atoms with van der Waals surface area (Å²) in [5, 5.41) is 0.0580. The highest BCUT2D eigenvalue weighted by Gasteiger charge is 2.45. The smallest absolute Gasteiger partial charge is 0.352 e. The van der Waals surface area contributed by atoms with Gasteiger partial charge in [0.2, 0.25) is 5.91 Å². The first-order valence-corrected chi connectivity index (χ1v) is 17.3. The van der Waals surface area contributed by atoms with Crippen LogP contribution in [0.3, 0.4) is 0 Å². The molecule has 2 saturated heterocycles. The molecule has 0 unspecified atom stereocenters. The Balaban J connectivity index is 1.57. The quantitative estimate of drug-likeness (QED) is 0.217. The maximum Gasteiger partial charge on any atom is 0.417 e. The number of H-pyrrole nitrogens is 1. The van der Waals surface area contributed by atoms with Gasteiger partial charge in [0.05, 0.1) is 21.3 Å². The van der Waals surface area contributed by atoms with Crippen LogP contribution in [-0.4, -0.2) is 67.8 Å². The summed E-state index contributed by atoms with van der Waals surface area (Å²) in [6.07, 6.45) is -3.82. The minimum atomic E-state index is -5.02. The van der Waals surface area contributed by atoms with Gasteiger partial charge in [0.15, 0.2) is 0 Å². The predicted octanol–water partition coefficient (Wildman–Crippen LogP) is 5.71. The first kappa shape index (κ1) is 31.2. The summed E-state index contributed by atoms with van der Waals surface area (Å²) < 4.78 is 77.2. The number of aromatic nitrogens is 3. The molecular weight excluding hydrogens is 670 g/mol. The summed E-state index contributed by atoms with van der Waals surface area (Å²) in [7, 11) is 0. The lowest BCUT2D eigenvalue weighted by Gasteiger charge is -2.44. The molecule has 5 heterocycles. The van der Waals surface area contributed by atoms with E-state index in [4.69, 9.17) is 0 Å². The van der Waals surface area contributed by atoms with Gasteiger partial charge in [-0.15, -0.1) is 11.8 Å². The zero-order valence-corrected chi connectivity index (χ0v) is 26.9. The normalized spacial score (nSPS) is 21.1. The van der Waals surface area contributed by atoms with E-state index in [1.165, 1.54) is 10.6 Å². The van der Waals surface area contributed by atoms with Crippen LogP contribution in [0.4, 0.5) is 27.8 Å². The molecule has 8 nitrogen and oxygen atoms in total. The SMILES string of the molecule is C=CC(=O)N1[C@H](C)CN(c2nc(=O)n3c4c(c(-c5c(F)cc(F)c6sc(=O)[nH]c56)c(C(F)(F)F)cc24)SCC2(CSC2)C3)C[C@@H]1C. The summed E-state index contributed by atoms with van der Waals surface area (Å²) in [6.45, 7) is 7.73.